The molecule has 1 aromatic carbocycles. The van der Waals surface area contributed by atoms with Crippen LogP contribution in [-0.4, -0.2) is 42.2 Å². The topological polar surface area (TPSA) is 49.8 Å². The molecule has 0 bridgehead atoms. The van der Waals surface area contributed by atoms with Gasteiger partial charge < -0.3 is 14.7 Å². The summed E-state index contributed by atoms with van der Waals surface area (Å²) in [4.78, 5) is 14.3. The monoisotopic (exact) mass is 311 g/mol. The predicted molar refractivity (Wildman–Crippen MR) is 82.7 cm³/mol. The van der Waals surface area contributed by atoms with Gasteiger partial charge in [0.25, 0.3) is 0 Å². The average molecular weight is 312 g/mol. The van der Waals surface area contributed by atoms with Gasteiger partial charge in [0.2, 0.25) is 5.91 Å². The summed E-state index contributed by atoms with van der Waals surface area (Å²) < 4.78 is 5.28. The van der Waals surface area contributed by atoms with Gasteiger partial charge in [-0.15, -0.1) is 0 Å². The van der Waals surface area contributed by atoms with Gasteiger partial charge >= 0.3 is 0 Å². The van der Waals surface area contributed by atoms with Crippen molar-refractivity contribution in [2.24, 2.45) is 5.92 Å². The fourth-order valence-electron chi connectivity index (χ4n) is 2.79. The van der Waals surface area contributed by atoms with Crippen molar-refractivity contribution in [3.8, 4) is 5.75 Å². The third kappa shape index (κ3) is 4.11. The minimum atomic E-state index is -0.374. The van der Waals surface area contributed by atoms with Gasteiger partial charge in [0.15, 0.2) is 0 Å². The van der Waals surface area contributed by atoms with E-state index in [9.17, 15) is 9.90 Å². The van der Waals surface area contributed by atoms with Gasteiger partial charge in [-0.25, -0.2) is 0 Å². The lowest BCUT2D eigenvalue weighted by atomic mass is 9.93. The molecular weight excluding hydrogens is 290 g/mol. The molecule has 0 aromatic heterocycles. The Hall–Kier alpha value is -1.26. The molecule has 0 saturated carbocycles. The van der Waals surface area contributed by atoms with E-state index in [1.165, 1.54) is 0 Å². The number of ether oxygens (including phenoxy) is 1. The van der Waals surface area contributed by atoms with E-state index in [1.54, 1.807) is 32.2 Å². The Morgan fingerprint density at radius 2 is 2.33 bits per heavy atom. The molecule has 0 aliphatic carbocycles. The van der Waals surface area contributed by atoms with Gasteiger partial charge in [-0.05, 0) is 38.0 Å². The average Bonchev–Trinajstić information content (AvgIpc) is 2.47. The summed E-state index contributed by atoms with van der Waals surface area (Å²) in [7, 11) is 1.58. The van der Waals surface area contributed by atoms with Crippen LogP contribution in [-0.2, 0) is 11.2 Å². The van der Waals surface area contributed by atoms with Crippen molar-refractivity contribution < 1.29 is 14.6 Å². The van der Waals surface area contributed by atoms with E-state index < -0.39 is 0 Å². The lowest BCUT2D eigenvalue weighted by molar-refractivity contribution is -0.133. The van der Waals surface area contributed by atoms with Crippen LogP contribution >= 0.6 is 11.6 Å². The zero-order chi connectivity index (χ0) is 15.4. The first-order valence-corrected chi connectivity index (χ1v) is 7.67. The highest BCUT2D eigenvalue weighted by Crippen LogP contribution is 2.25. The fraction of sp³-hybridized carbons (Fsp3) is 0.562. The van der Waals surface area contributed by atoms with E-state index in [2.05, 4.69) is 0 Å². The summed E-state index contributed by atoms with van der Waals surface area (Å²) in [5.74, 6) is 0.904. The van der Waals surface area contributed by atoms with E-state index in [0.717, 1.165) is 24.9 Å². The number of halogens is 1. The van der Waals surface area contributed by atoms with Gasteiger partial charge in [0, 0.05) is 29.6 Å². The molecule has 1 amide bonds. The number of rotatable bonds is 4. The van der Waals surface area contributed by atoms with E-state index in [-0.39, 0.29) is 24.3 Å². The standard InChI is InChI=1S/C16H22ClNO3/c1-11(19)12-4-3-7-18(10-12)16(20)9-13-8-14(17)5-6-15(13)21-2/h5-6,8,11-12,19H,3-4,7,9-10H2,1-2H3. The summed E-state index contributed by atoms with van der Waals surface area (Å²) in [5, 5.41) is 10.3. The SMILES string of the molecule is COc1ccc(Cl)cc1CC(=O)N1CCCC(C(C)O)C1. The van der Waals surface area contributed by atoms with E-state index in [0.29, 0.717) is 17.3 Å². The van der Waals surface area contributed by atoms with Crippen LogP contribution in [0, 0.1) is 5.92 Å². The Morgan fingerprint density at radius 3 is 3.00 bits per heavy atom. The second kappa shape index (κ2) is 7.14. The second-order valence-electron chi connectivity index (χ2n) is 5.62. The third-order valence-electron chi connectivity index (χ3n) is 4.08. The number of aliphatic hydroxyl groups is 1. The summed E-state index contributed by atoms with van der Waals surface area (Å²) in [5.41, 5.74) is 0.800. The maximum absolute atomic E-state index is 12.5. The minimum Gasteiger partial charge on any atom is -0.496 e. The normalized spacial score (nSPS) is 20.2. The third-order valence-corrected chi connectivity index (χ3v) is 4.31. The van der Waals surface area contributed by atoms with Gasteiger partial charge in [0.05, 0.1) is 19.6 Å². The maximum atomic E-state index is 12.5. The highest BCUT2D eigenvalue weighted by atomic mass is 35.5. The molecule has 2 rings (SSSR count). The molecule has 1 aliphatic heterocycles. The number of amides is 1. The van der Waals surface area contributed by atoms with E-state index in [4.69, 9.17) is 16.3 Å². The lowest BCUT2D eigenvalue weighted by Gasteiger charge is -2.34. The quantitative estimate of drug-likeness (QED) is 0.929. The Kier molecular flexibility index (Phi) is 5.48. The number of likely N-dealkylation sites (tertiary alicyclic amines) is 1. The number of hydrogen-bond acceptors (Lipinski definition) is 3. The smallest absolute Gasteiger partial charge is 0.227 e. The molecule has 1 aliphatic rings. The molecule has 1 fully saturated rings. The highest BCUT2D eigenvalue weighted by molar-refractivity contribution is 6.30. The first-order valence-electron chi connectivity index (χ1n) is 7.29. The van der Waals surface area contributed by atoms with Gasteiger partial charge in [0.1, 0.15) is 5.75 Å². The zero-order valence-electron chi connectivity index (χ0n) is 12.5. The van der Waals surface area contributed by atoms with Crippen LogP contribution in [0.25, 0.3) is 0 Å². The van der Waals surface area contributed by atoms with Gasteiger partial charge in [-0.1, -0.05) is 11.6 Å². The molecule has 116 valence electrons. The van der Waals surface area contributed by atoms with Crippen LogP contribution in [0.3, 0.4) is 0 Å². The Labute approximate surface area is 130 Å². The van der Waals surface area contributed by atoms with Crippen molar-refractivity contribution in [1.82, 2.24) is 4.90 Å². The number of carbonyl (C=O) groups is 1. The second-order valence-corrected chi connectivity index (χ2v) is 6.05. The molecule has 1 heterocycles. The van der Waals surface area contributed by atoms with Crippen LogP contribution in [0.15, 0.2) is 18.2 Å². The largest absolute Gasteiger partial charge is 0.496 e. The van der Waals surface area contributed by atoms with Crippen molar-refractivity contribution in [3.05, 3.63) is 28.8 Å². The summed E-state index contributed by atoms with van der Waals surface area (Å²) in [6.07, 6.45) is 1.81. The molecule has 4 nitrogen and oxygen atoms in total. The van der Waals surface area contributed by atoms with Crippen LogP contribution in [0.4, 0.5) is 0 Å². The zero-order valence-corrected chi connectivity index (χ0v) is 13.3. The number of hydrogen-bond donors (Lipinski definition) is 1. The Bertz CT molecular complexity index is 504. The lowest BCUT2D eigenvalue weighted by Crippen LogP contribution is -2.43. The number of methoxy groups -OCH3 is 1. The van der Waals surface area contributed by atoms with Crippen LogP contribution in [0.1, 0.15) is 25.3 Å². The van der Waals surface area contributed by atoms with Crippen molar-refractivity contribution in [3.63, 3.8) is 0 Å². The molecular formula is C16H22ClNO3. The molecule has 2 atom stereocenters. The number of carbonyl (C=O) groups excluding carboxylic acids is 1. The molecule has 1 N–H and O–H groups in total. The minimum absolute atomic E-state index is 0.0564. The molecule has 0 spiro atoms. The Balaban J connectivity index is 2.06. The summed E-state index contributed by atoms with van der Waals surface area (Å²) in [6, 6.07) is 5.30. The molecule has 1 aromatic rings. The molecule has 21 heavy (non-hydrogen) atoms. The number of piperidine rings is 1. The predicted octanol–water partition coefficient (Wildman–Crippen LogP) is 2.51. The van der Waals surface area contributed by atoms with Crippen LogP contribution < -0.4 is 4.74 Å². The van der Waals surface area contributed by atoms with Gasteiger partial charge in [-0.3, -0.25) is 4.79 Å². The first-order chi connectivity index (χ1) is 10.0. The van der Waals surface area contributed by atoms with Crippen LogP contribution in [0.5, 0.6) is 5.75 Å². The fourth-order valence-corrected chi connectivity index (χ4v) is 2.98. The van der Waals surface area contributed by atoms with Crippen molar-refractivity contribution in [2.45, 2.75) is 32.3 Å². The van der Waals surface area contributed by atoms with Crippen LogP contribution in [0.2, 0.25) is 5.02 Å². The number of nitrogens with zero attached hydrogens (tertiary/aromatic N) is 1. The molecule has 0 radical (unpaired) electrons. The highest BCUT2D eigenvalue weighted by Gasteiger charge is 2.26. The maximum Gasteiger partial charge on any atom is 0.227 e. The van der Waals surface area contributed by atoms with Crippen molar-refractivity contribution in [2.75, 3.05) is 20.2 Å². The molecule has 5 heteroatoms. The summed E-state index contributed by atoms with van der Waals surface area (Å²) in [6.45, 7) is 3.17. The molecule has 1 saturated heterocycles. The summed E-state index contributed by atoms with van der Waals surface area (Å²) >= 11 is 5.99. The van der Waals surface area contributed by atoms with E-state index in [1.807, 2.05) is 4.90 Å². The Morgan fingerprint density at radius 1 is 1.57 bits per heavy atom. The van der Waals surface area contributed by atoms with E-state index >= 15 is 0 Å². The first kappa shape index (κ1) is 16.1. The van der Waals surface area contributed by atoms with Crippen molar-refractivity contribution >= 4 is 17.5 Å². The number of aliphatic hydroxyl groups excluding tert-OH is 1. The molecule has 2 unspecified atom stereocenters. The van der Waals surface area contributed by atoms with Crippen molar-refractivity contribution in [1.29, 1.82) is 0 Å². The number of benzene rings is 1. The van der Waals surface area contributed by atoms with Gasteiger partial charge in [-0.2, -0.15) is 0 Å².